The summed E-state index contributed by atoms with van der Waals surface area (Å²) in [6, 6.07) is 15.0. The molecule has 1 amide bonds. The molecule has 1 heterocycles. The van der Waals surface area contributed by atoms with Crippen molar-refractivity contribution in [3.05, 3.63) is 65.2 Å². The summed E-state index contributed by atoms with van der Waals surface area (Å²) < 4.78 is 0. The van der Waals surface area contributed by atoms with Gasteiger partial charge in [0.05, 0.1) is 12.2 Å². The lowest BCUT2D eigenvalue weighted by molar-refractivity contribution is -0.141. The summed E-state index contributed by atoms with van der Waals surface area (Å²) in [5.41, 5.74) is 1.54. The third-order valence-electron chi connectivity index (χ3n) is 4.21. The van der Waals surface area contributed by atoms with Crippen LogP contribution in [0.2, 0.25) is 0 Å². The zero-order valence-electron chi connectivity index (χ0n) is 13.2. The molecule has 0 aliphatic carbocycles. The van der Waals surface area contributed by atoms with Gasteiger partial charge in [0, 0.05) is 12.0 Å². The van der Waals surface area contributed by atoms with Crippen molar-refractivity contribution < 1.29 is 14.7 Å². The van der Waals surface area contributed by atoms with E-state index in [0.29, 0.717) is 17.8 Å². The van der Waals surface area contributed by atoms with E-state index in [-0.39, 0.29) is 12.2 Å². The molecule has 0 bridgehead atoms. The number of aryl methyl sites for hydroxylation is 1. The molecule has 1 atom stereocenters. The standard InChI is InChI=1S/C19H19NO3/c1-13-7-9-15(10-8-13)12-20-17-6-4-3-5-16(17)19(23,18(20)22)11-14(2)21/h3-10,23H,11-12H2,1-2H3/t19-/m1/s1. The van der Waals surface area contributed by atoms with Crippen LogP contribution in [-0.4, -0.2) is 16.8 Å². The zero-order valence-corrected chi connectivity index (χ0v) is 13.2. The molecule has 0 spiro atoms. The molecule has 4 heteroatoms. The number of anilines is 1. The van der Waals surface area contributed by atoms with Crippen molar-refractivity contribution in [2.75, 3.05) is 4.90 Å². The van der Waals surface area contributed by atoms with Crippen LogP contribution < -0.4 is 4.90 Å². The van der Waals surface area contributed by atoms with Crippen molar-refractivity contribution >= 4 is 17.4 Å². The number of fused-ring (bicyclic) bond motifs is 1. The number of hydrogen-bond acceptors (Lipinski definition) is 3. The predicted octanol–water partition coefficient (Wildman–Crippen LogP) is 2.71. The summed E-state index contributed by atoms with van der Waals surface area (Å²) >= 11 is 0. The van der Waals surface area contributed by atoms with Crippen LogP contribution >= 0.6 is 0 Å². The number of aliphatic hydroxyl groups is 1. The van der Waals surface area contributed by atoms with Crippen molar-refractivity contribution in [3.8, 4) is 0 Å². The molecule has 2 aromatic carbocycles. The Kier molecular flexibility index (Phi) is 3.78. The van der Waals surface area contributed by atoms with Crippen molar-refractivity contribution in [2.24, 2.45) is 0 Å². The summed E-state index contributed by atoms with van der Waals surface area (Å²) in [7, 11) is 0. The van der Waals surface area contributed by atoms with Crippen LogP contribution in [0, 0.1) is 6.92 Å². The highest BCUT2D eigenvalue weighted by Gasteiger charge is 2.50. The minimum Gasteiger partial charge on any atom is -0.375 e. The highest BCUT2D eigenvalue weighted by molar-refractivity contribution is 6.08. The van der Waals surface area contributed by atoms with E-state index >= 15 is 0 Å². The first-order chi connectivity index (χ1) is 10.9. The Labute approximate surface area is 135 Å². The fraction of sp³-hybridized carbons (Fsp3) is 0.263. The van der Waals surface area contributed by atoms with Crippen molar-refractivity contribution in [2.45, 2.75) is 32.4 Å². The van der Waals surface area contributed by atoms with Gasteiger partial charge in [-0.15, -0.1) is 0 Å². The number of rotatable bonds is 4. The van der Waals surface area contributed by atoms with E-state index in [1.807, 2.05) is 37.3 Å². The minimum absolute atomic E-state index is 0.201. The number of nitrogens with zero attached hydrogens (tertiary/aromatic N) is 1. The molecule has 0 saturated carbocycles. The Morgan fingerprint density at radius 2 is 1.78 bits per heavy atom. The first-order valence-electron chi connectivity index (χ1n) is 7.60. The normalized spacial score (nSPS) is 19.8. The van der Waals surface area contributed by atoms with Crippen LogP contribution in [0.3, 0.4) is 0 Å². The van der Waals surface area contributed by atoms with Crippen LogP contribution in [0.1, 0.15) is 30.0 Å². The number of Topliss-reactive ketones (excluding diaryl/α,β-unsaturated/α-hetero) is 1. The minimum atomic E-state index is -1.76. The Balaban J connectivity index is 2.00. The van der Waals surface area contributed by atoms with Gasteiger partial charge < -0.3 is 10.0 Å². The third-order valence-corrected chi connectivity index (χ3v) is 4.21. The van der Waals surface area contributed by atoms with E-state index in [4.69, 9.17) is 0 Å². The number of benzene rings is 2. The van der Waals surface area contributed by atoms with Gasteiger partial charge in [-0.1, -0.05) is 48.0 Å². The van der Waals surface area contributed by atoms with Gasteiger partial charge >= 0.3 is 0 Å². The maximum absolute atomic E-state index is 12.8. The SMILES string of the molecule is CC(=O)C[C@]1(O)C(=O)N(Cc2ccc(C)cc2)c2ccccc21. The van der Waals surface area contributed by atoms with Gasteiger partial charge in [-0.25, -0.2) is 0 Å². The first-order valence-corrected chi connectivity index (χ1v) is 7.60. The van der Waals surface area contributed by atoms with E-state index in [9.17, 15) is 14.7 Å². The van der Waals surface area contributed by atoms with Crippen LogP contribution in [0.25, 0.3) is 0 Å². The van der Waals surface area contributed by atoms with Crippen LogP contribution in [0.5, 0.6) is 0 Å². The van der Waals surface area contributed by atoms with Crippen LogP contribution in [0.15, 0.2) is 48.5 Å². The van der Waals surface area contributed by atoms with Gasteiger partial charge in [-0.3, -0.25) is 9.59 Å². The number of amides is 1. The van der Waals surface area contributed by atoms with E-state index in [1.165, 1.54) is 6.92 Å². The number of para-hydroxylation sites is 1. The number of carbonyl (C=O) groups excluding carboxylic acids is 2. The van der Waals surface area contributed by atoms with Crippen molar-refractivity contribution in [1.82, 2.24) is 0 Å². The van der Waals surface area contributed by atoms with E-state index in [0.717, 1.165) is 11.1 Å². The summed E-state index contributed by atoms with van der Waals surface area (Å²) in [5, 5.41) is 10.9. The summed E-state index contributed by atoms with van der Waals surface area (Å²) in [6.07, 6.45) is -0.201. The second-order valence-electron chi connectivity index (χ2n) is 6.13. The zero-order chi connectivity index (χ0) is 16.6. The molecule has 3 rings (SSSR count). The molecular weight excluding hydrogens is 290 g/mol. The summed E-state index contributed by atoms with van der Waals surface area (Å²) in [4.78, 5) is 25.9. The molecule has 118 valence electrons. The molecule has 23 heavy (non-hydrogen) atoms. The van der Waals surface area contributed by atoms with E-state index in [1.54, 1.807) is 23.1 Å². The smallest absolute Gasteiger partial charge is 0.264 e. The molecule has 0 fully saturated rings. The lowest BCUT2D eigenvalue weighted by Gasteiger charge is -2.22. The quantitative estimate of drug-likeness (QED) is 0.944. The molecule has 0 saturated heterocycles. The summed E-state index contributed by atoms with van der Waals surface area (Å²) in [5.74, 6) is -0.651. The Morgan fingerprint density at radius 1 is 1.13 bits per heavy atom. The van der Waals surface area contributed by atoms with E-state index < -0.39 is 11.5 Å². The largest absolute Gasteiger partial charge is 0.375 e. The molecule has 0 unspecified atom stereocenters. The number of hydrogen-bond donors (Lipinski definition) is 1. The molecule has 2 aromatic rings. The van der Waals surface area contributed by atoms with Crippen molar-refractivity contribution in [3.63, 3.8) is 0 Å². The van der Waals surface area contributed by atoms with Crippen molar-refractivity contribution in [1.29, 1.82) is 0 Å². The van der Waals surface area contributed by atoms with Gasteiger partial charge in [0.1, 0.15) is 5.78 Å². The Hall–Kier alpha value is -2.46. The first kappa shape index (κ1) is 15.4. The second kappa shape index (κ2) is 5.63. The monoisotopic (exact) mass is 309 g/mol. The van der Waals surface area contributed by atoms with Gasteiger partial charge in [-0.2, -0.15) is 0 Å². The maximum atomic E-state index is 12.8. The molecule has 1 N–H and O–H groups in total. The molecule has 0 aromatic heterocycles. The van der Waals surface area contributed by atoms with Gasteiger partial charge in [0.2, 0.25) is 0 Å². The Morgan fingerprint density at radius 3 is 2.43 bits per heavy atom. The lowest BCUT2D eigenvalue weighted by Crippen LogP contribution is -2.41. The summed E-state index contributed by atoms with van der Waals surface area (Å²) in [6.45, 7) is 3.76. The fourth-order valence-corrected chi connectivity index (χ4v) is 3.07. The van der Waals surface area contributed by atoms with Crippen LogP contribution in [-0.2, 0) is 21.7 Å². The van der Waals surface area contributed by atoms with Gasteiger partial charge in [-0.05, 0) is 25.5 Å². The maximum Gasteiger partial charge on any atom is 0.264 e. The second-order valence-corrected chi connectivity index (χ2v) is 6.13. The molecular formula is C19H19NO3. The molecule has 1 aliphatic heterocycles. The van der Waals surface area contributed by atoms with Gasteiger partial charge in [0.25, 0.3) is 5.91 Å². The van der Waals surface area contributed by atoms with E-state index in [2.05, 4.69) is 0 Å². The fourth-order valence-electron chi connectivity index (χ4n) is 3.07. The molecule has 1 aliphatic rings. The van der Waals surface area contributed by atoms with Gasteiger partial charge in [0.15, 0.2) is 5.60 Å². The number of carbonyl (C=O) groups is 2. The average molecular weight is 309 g/mol. The topological polar surface area (TPSA) is 57.6 Å². The third kappa shape index (κ3) is 2.66. The lowest BCUT2D eigenvalue weighted by atomic mass is 9.90. The number of ketones is 1. The Bertz CT molecular complexity index is 766. The molecule has 4 nitrogen and oxygen atoms in total. The molecule has 0 radical (unpaired) electrons. The highest BCUT2D eigenvalue weighted by Crippen LogP contribution is 2.43. The average Bonchev–Trinajstić information content (AvgIpc) is 2.71. The highest BCUT2D eigenvalue weighted by atomic mass is 16.3. The van der Waals surface area contributed by atoms with Crippen LogP contribution in [0.4, 0.5) is 5.69 Å². The predicted molar refractivity (Wildman–Crippen MR) is 88.0 cm³/mol.